The third kappa shape index (κ3) is 5.15. The summed E-state index contributed by atoms with van der Waals surface area (Å²) in [6.45, 7) is 0. The lowest BCUT2D eigenvalue weighted by molar-refractivity contribution is -0.132. The van der Waals surface area contributed by atoms with E-state index >= 15 is 0 Å². The van der Waals surface area contributed by atoms with Crippen LogP contribution in [0.25, 0.3) is 6.08 Å². The lowest BCUT2D eigenvalue weighted by atomic mass is 10.1. The summed E-state index contributed by atoms with van der Waals surface area (Å²) >= 11 is 1.51. The number of amides is 2. The average molecular weight is 454 g/mol. The molecule has 2 aromatic carbocycles. The molecule has 166 valence electrons. The zero-order valence-corrected chi connectivity index (χ0v) is 18.8. The molecule has 0 saturated carbocycles. The zero-order valence-electron chi connectivity index (χ0n) is 18.0. The Balaban J connectivity index is 1.72. The fraction of sp³-hybridized carbons (Fsp3) is 0.261. The second kappa shape index (κ2) is 10.6. The molecule has 2 amide bonds. The van der Waals surface area contributed by atoms with Gasteiger partial charge in [0, 0.05) is 17.5 Å². The first-order valence-electron chi connectivity index (χ1n) is 9.68. The molecule has 0 aromatic heterocycles. The number of ether oxygens (including phenoxy) is 3. The Hall–Kier alpha value is -3.64. The van der Waals surface area contributed by atoms with Crippen LogP contribution < -0.4 is 19.5 Å². The van der Waals surface area contributed by atoms with Gasteiger partial charge in [-0.25, -0.2) is 0 Å². The van der Waals surface area contributed by atoms with Crippen LogP contribution in [0.5, 0.6) is 17.2 Å². The minimum Gasteiger partial charge on any atom is -0.493 e. The average Bonchev–Trinajstić information content (AvgIpc) is 3.32. The van der Waals surface area contributed by atoms with Crippen LogP contribution in [0.2, 0.25) is 0 Å². The summed E-state index contributed by atoms with van der Waals surface area (Å²) < 4.78 is 16.0. The summed E-state index contributed by atoms with van der Waals surface area (Å²) in [5, 5.41) is 11.7. The van der Waals surface area contributed by atoms with Gasteiger partial charge in [-0.3, -0.25) is 9.59 Å². The predicted octanol–water partition coefficient (Wildman–Crippen LogP) is 3.14. The molecule has 1 heterocycles. The topological polar surface area (TPSA) is 101 Å². The molecule has 1 saturated heterocycles. The molecule has 8 nitrogen and oxygen atoms in total. The van der Waals surface area contributed by atoms with Gasteiger partial charge in [0.1, 0.15) is 6.04 Å². The van der Waals surface area contributed by atoms with Crippen LogP contribution in [0, 0.1) is 11.3 Å². The molecular weight excluding hydrogens is 430 g/mol. The number of thioether (sulfide) groups is 1. The van der Waals surface area contributed by atoms with Crippen molar-refractivity contribution in [1.82, 2.24) is 4.90 Å². The van der Waals surface area contributed by atoms with Gasteiger partial charge in [-0.15, -0.1) is 11.8 Å². The molecule has 32 heavy (non-hydrogen) atoms. The van der Waals surface area contributed by atoms with Crippen LogP contribution >= 0.6 is 11.8 Å². The molecule has 1 aliphatic rings. The summed E-state index contributed by atoms with van der Waals surface area (Å²) in [6, 6.07) is 11.5. The van der Waals surface area contributed by atoms with Crippen LogP contribution in [0.15, 0.2) is 42.5 Å². The number of nitriles is 1. The van der Waals surface area contributed by atoms with Crippen LogP contribution in [-0.4, -0.2) is 55.7 Å². The maximum absolute atomic E-state index is 12.8. The van der Waals surface area contributed by atoms with E-state index in [1.54, 1.807) is 42.5 Å². The molecule has 0 aliphatic carbocycles. The lowest BCUT2D eigenvalue weighted by Gasteiger charge is -2.21. The molecule has 1 aliphatic heterocycles. The normalized spacial score (nSPS) is 15.3. The Bertz CT molecular complexity index is 1040. The number of hydrogen-bond donors (Lipinski definition) is 1. The number of carbonyl (C=O) groups excluding carboxylic acids is 2. The van der Waals surface area contributed by atoms with E-state index < -0.39 is 6.04 Å². The van der Waals surface area contributed by atoms with E-state index in [1.165, 1.54) is 44.1 Å². The van der Waals surface area contributed by atoms with Crippen molar-refractivity contribution in [2.75, 3.05) is 38.3 Å². The number of nitrogens with one attached hydrogen (secondary N) is 1. The molecule has 1 N–H and O–H groups in total. The largest absolute Gasteiger partial charge is 0.493 e. The minimum atomic E-state index is -0.590. The van der Waals surface area contributed by atoms with Crippen molar-refractivity contribution < 1.29 is 23.8 Å². The van der Waals surface area contributed by atoms with Crippen LogP contribution in [-0.2, 0) is 9.59 Å². The summed E-state index contributed by atoms with van der Waals surface area (Å²) in [4.78, 5) is 27.1. The maximum atomic E-state index is 12.8. The second-order valence-corrected chi connectivity index (χ2v) is 7.79. The van der Waals surface area contributed by atoms with Gasteiger partial charge in [0.2, 0.25) is 17.6 Å². The molecule has 3 rings (SSSR count). The Morgan fingerprint density at radius 2 is 1.78 bits per heavy atom. The smallest absolute Gasteiger partial charge is 0.248 e. The van der Waals surface area contributed by atoms with E-state index in [-0.39, 0.29) is 11.8 Å². The van der Waals surface area contributed by atoms with Gasteiger partial charge in [0.05, 0.1) is 38.8 Å². The van der Waals surface area contributed by atoms with Gasteiger partial charge < -0.3 is 24.4 Å². The van der Waals surface area contributed by atoms with Gasteiger partial charge in [-0.1, -0.05) is 0 Å². The molecule has 1 unspecified atom stereocenters. The highest BCUT2D eigenvalue weighted by atomic mass is 32.2. The first-order chi connectivity index (χ1) is 15.5. The standard InChI is InChI=1S/C23H23N3O5S/c1-29-19-10-16(11-20(30-2)22(19)31-3)6-9-21(27)26-14-32-13-18(26)23(28)25-17-7-4-15(12-24)5-8-17/h4-11,18H,13-14H2,1-3H3,(H,25,28)/b9-6+. The number of methoxy groups -OCH3 is 3. The highest BCUT2D eigenvalue weighted by Gasteiger charge is 2.33. The molecular formula is C23H23N3O5S. The van der Waals surface area contributed by atoms with E-state index in [0.717, 1.165) is 0 Å². The van der Waals surface area contributed by atoms with Crippen molar-refractivity contribution in [2.45, 2.75) is 6.04 Å². The second-order valence-electron chi connectivity index (χ2n) is 6.79. The third-order valence-corrected chi connectivity index (χ3v) is 5.87. The number of anilines is 1. The van der Waals surface area contributed by atoms with Crippen molar-refractivity contribution in [2.24, 2.45) is 0 Å². The highest BCUT2D eigenvalue weighted by molar-refractivity contribution is 7.99. The first kappa shape index (κ1) is 23.0. The SMILES string of the molecule is COc1cc(/C=C/C(=O)N2CSCC2C(=O)Nc2ccc(C#N)cc2)cc(OC)c1OC. The zero-order chi connectivity index (χ0) is 23.1. The van der Waals surface area contributed by atoms with Gasteiger partial charge in [-0.05, 0) is 48.0 Å². The van der Waals surface area contributed by atoms with Crippen molar-refractivity contribution in [3.63, 3.8) is 0 Å². The van der Waals surface area contributed by atoms with Gasteiger partial charge in [-0.2, -0.15) is 5.26 Å². The quantitative estimate of drug-likeness (QED) is 0.643. The molecule has 1 atom stereocenters. The van der Waals surface area contributed by atoms with Crippen LogP contribution in [0.4, 0.5) is 5.69 Å². The monoisotopic (exact) mass is 453 g/mol. The van der Waals surface area contributed by atoms with Crippen molar-refractivity contribution in [3.8, 4) is 23.3 Å². The van der Waals surface area contributed by atoms with Crippen LogP contribution in [0.3, 0.4) is 0 Å². The van der Waals surface area contributed by atoms with Crippen LogP contribution in [0.1, 0.15) is 11.1 Å². The highest BCUT2D eigenvalue weighted by Crippen LogP contribution is 2.38. The van der Waals surface area contributed by atoms with E-state index in [1.807, 2.05) is 6.07 Å². The number of benzene rings is 2. The summed E-state index contributed by atoms with van der Waals surface area (Å²) in [7, 11) is 4.57. The minimum absolute atomic E-state index is 0.269. The van der Waals surface area contributed by atoms with Gasteiger partial charge in [0.25, 0.3) is 0 Å². The fourth-order valence-corrected chi connectivity index (χ4v) is 4.36. The molecule has 0 radical (unpaired) electrons. The molecule has 1 fully saturated rings. The fourth-order valence-electron chi connectivity index (χ4n) is 3.19. The number of hydrogen-bond acceptors (Lipinski definition) is 7. The Kier molecular flexibility index (Phi) is 7.63. The Morgan fingerprint density at radius 1 is 1.12 bits per heavy atom. The van der Waals surface area contributed by atoms with Gasteiger partial charge >= 0.3 is 0 Å². The van der Waals surface area contributed by atoms with Crippen molar-refractivity contribution in [3.05, 3.63) is 53.6 Å². The summed E-state index contributed by atoms with van der Waals surface area (Å²) in [5.41, 5.74) is 1.78. The summed E-state index contributed by atoms with van der Waals surface area (Å²) in [6.07, 6.45) is 3.07. The van der Waals surface area contributed by atoms with Crippen molar-refractivity contribution >= 4 is 35.3 Å². The molecule has 9 heteroatoms. The predicted molar refractivity (Wildman–Crippen MR) is 123 cm³/mol. The summed E-state index contributed by atoms with van der Waals surface area (Å²) in [5.74, 6) is 1.81. The third-order valence-electron chi connectivity index (χ3n) is 4.85. The molecule has 0 spiro atoms. The number of rotatable bonds is 7. The lowest BCUT2D eigenvalue weighted by Crippen LogP contribution is -2.43. The first-order valence-corrected chi connectivity index (χ1v) is 10.8. The number of nitrogens with zero attached hydrogens (tertiary/aromatic N) is 2. The van der Waals surface area contributed by atoms with E-state index in [9.17, 15) is 9.59 Å². The Labute approximate surface area is 190 Å². The van der Waals surface area contributed by atoms with E-state index in [2.05, 4.69) is 5.32 Å². The molecule has 2 aromatic rings. The Morgan fingerprint density at radius 3 is 2.34 bits per heavy atom. The van der Waals surface area contributed by atoms with Gasteiger partial charge in [0.15, 0.2) is 11.5 Å². The van der Waals surface area contributed by atoms with E-state index in [0.29, 0.717) is 45.7 Å². The maximum Gasteiger partial charge on any atom is 0.248 e. The van der Waals surface area contributed by atoms with Crippen molar-refractivity contribution in [1.29, 1.82) is 5.26 Å². The van der Waals surface area contributed by atoms with E-state index in [4.69, 9.17) is 19.5 Å². The number of carbonyl (C=O) groups is 2. The molecule has 0 bridgehead atoms.